The molecule has 2 aromatic carbocycles. The van der Waals surface area contributed by atoms with E-state index in [1.807, 2.05) is 0 Å². The molecule has 0 unspecified atom stereocenters. The quantitative estimate of drug-likeness (QED) is 0.881. The number of nitrogens with zero attached hydrogens (tertiary/aromatic N) is 1. The predicted octanol–water partition coefficient (Wildman–Crippen LogP) is 4.23. The number of nitrogens with one attached hydrogen (secondary N) is 1. The molecule has 0 aliphatic carbocycles. The van der Waals surface area contributed by atoms with Gasteiger partial charge in [-0.2, -0.15) is 5.26 Å². The molecule has 1 N–H and O–H groups in total. The SMILES string of the molecule is N#Cc1ccc(Nc2ccccc2Cl)c(F)c1F. The van der Waals surface area contributed by atoms with Crippen molar-refractivity contribution in [1.82, 2.24) is 0 Å². The number of para-hydroxylation sites is 1. The van der Waals surface area contributed by atoms with Crippen LogP contribution in [-0.2, 0) is 0 Å². The van der Waals surface area contributed by atoms with Gasteiger partial charge in [-0.15, -0.1) is 0 Å². The zero-order valence-electron chi connectivity index (χ0n) is 9.05. The Morgan fingerprint density at radius 3 is 2.39 bits per heavy atom. The molecule has 90 valence electrons. The van der Waals surface area contributed by atoms with Crippen molar-refractivity contribution in [3.63, 3.8) is 0 Å². The van der Waals surface area contributed by atoms with E-state index in [9.17, 15) is 8.78 Å². The van der Waals surface area contributed by atoms with E-state index in [0.717, 1.165) is 0 Å². The van der Waals surface area contributed by atoms with Crippen LogP contribution in [0.25, 0.3) is 0 Å². The van der Waals surface area contributed by atoms with Crippen molar-refractivity contribution in [2.45, 2.75) is 0 Å². The summed E-state index contributed by atoms with van der Waals surface area (Å²) in [6.07, 6.45) is 0. The fraction of sp³-hybridized carbons (Fsp3) is 0. The van der Waals surface area contributed by atoms with Crippen molar-refractivity contribution < 1.29 is 8.78 Å². The second-order valence-electron chi connectivity index (χ2n) is 3.51. The molecule has 0 amide bonds. The Morgan fingerprint density at radius 2 is 1.72 bits per heavy atom. The fourth-order valence-electron chi connectivity index (χ4n) is 1.44. The normalized spacial score (nSPS) is 9.89. The molecule has 0 aliphatic rings. The van der Waals surface area contributed by atoms with Gasteiger partial charge in [0.25, 0.3) is 0 Å². The molecule has 0 heterocycles. The molecule has 0 aliphatic heterocycles. The van der Waals surface area contributed by atoms with Gasteiger partial charge in [-0.25, -0.2) is 8.78 Å². The predicted molar refractivity (Wildman–Crippen MR) is 65.8 cm³/mol. The highest BCUT2D eigenvalue weighted by Crippen LogP contribution is 2.28. The third-order valence-corrected chi connectivity index (χ3v) is 2.68. The minimum absolute atomic E-state index is 0.0698. The van der Waals surface area contributed by atoms with Gasteiger partial charge >= 0.3 is 0 Å². The highest BCUT2D eigenvalue weighted by molar-refractivity contribution is 6.33. The van der Waals surface area contributed by atoms with Gasteiger partial charge < -0.3 is 5.32 Å². The highest BCUT2D eigenvalue weighted by Gasteiger charge is 2.13. The van der Waals surface area contributed by atoms with E-state index < -0.39 is 11.6 Å². The van der Waals surface area contributed by atoms with Gasteiger partial charge in [0.05, 0.1) is 22.0 Å². The van der Waals surface area contributed by atoms with E-state index in [1.165, 1.54) is 12.1 Å². The van der Waals surface area contributed by atoms with E-state index in [-0.39, 0.29) is 11.3 Å². The van der Waals surface area contributed by atoms with Gasteiger partial charge in [0.2, 0.25) is 0 Å². The van der Waals surface area contributed by atoms with Crippen molar-refractivity contribution >= 4 is 23.0 Å². The molecule has 0 aromatic heterocycles. The first-order chi connectivity index (χ1) is 8.63. The molecule has 2 aromatic rings. The number of halogens is 3. The summed E-state index contributed by atoms with van der Waals surface area (Å²) in [6, 6.07) is 10.8. The van der Waals surface area contributed by atoms with E-state index in [4.69, 9.17) is 16.9 Å². The van der Waals surface area contributed by atoms with Gasteiger partial charge in [0, 0.05) is 0 Å². The molecule has 0 atom stereocenters. The Morgan fingerprint density at radius 1 is 1.00 bits per heavy atom. The second kappa shape index (κ2) is 5.03. The summed E-state index contributed by atoms with van der Waals surface area (Å²) >= 11 is 5.89. The minimum atomic E-state index is -1.17. The van der Waals surface area contributed by atoms with Gasteiger partial charge in [0.15, 0.2) is 11.6 Å². The minimum Gasteiger partial charge on any atom is -0.352 e. The number of rotatable bonds is 2. The number of benzene rings is 2. The fourth-order valence-corrected chi connectivity index (χ4v) is 1.62. The number of hydrogen-bond donors (Lipinski definition) is 1. The number of hydrogen-bond acceptors (Lipinski definition) is 2. The van der Waals surface area contributed by atoms with Crippen LogP contribution in [0.2, 0.25) is 5.02 Å². The standard InChI is InChI=1S/C13H7ClF2N2/c14-9-3-1-2-4-10(9)18-11-6-5-8(7-17)12(15)13(11)16/h1-6,18H. The van der Waals surface area contributed by atoms with E-state index in [1.54, 1.807) is 30.3 Å². The monoisotopic (exact) mass is 264 g/mol. The summed E-state index contributed by atoms with van der Waals surface area (Å²) in [5.41, 5.74) is 0.0546. The molecular weight excluding hydrogens is 258 g/mol. The van der Waals surface area contributed by atoms with Crippen LogP contribution < -0.4 is 5.32 Å². The van der Waals surface area contributed by atoms with E-state index >= 15 is 0 Å². The third kappa shape index (κ3) is 2.27. The Balaban J connectivity index is 2.40. The van der Waals surface area contributed by atoms with Crippen LogP contribution in [0.3, 0.4) is 0 Å². The highest BCUT2D eigenvalue weighted by atomic mass is 35.5. The second-order valence-corrected chi connectivity index (χ2v) is 3.91. The maximum absolute atomic E-state index is 13.6. The lowest BCUT2D eigenvalue weighted by atomic mass is 10.2. The average molecular weight is 265 g/mol. The molecule has 18 heavy (non-hydrogen) atoms. The van der Waals surface area contributed by atoms with E-state index in [2.05, 4.69) is 5.32 Å². The summed E-state index contributed by atoms with van der Waals surface area (Å²) in [4.78, 5) is 0. The largest absolute Gasteiger partial charge is 0.352 e. The first-order valence-electron chi connectivity index (χ1n) is 5.03. The lowest BCUT2D eigenvalue weighted by Gasteiger charge is -2.09. The molecule has 0 saturated carbocycles. The molecule has 0 radical (unpaired) electrons. The molecule has 0 bridgehead atoms. The van der Waals surface area contributed by atoms with Crippen LogP contribution in [0, 0.1) is 23.0 Å². The Hall–Kier alpha value is -2.12. The lowest BCUT2D eigenvalue weighted by Crippen LogP contribution is -1.98. The molecular formula is C13H7ClF2N2. The Bertz CT molecular complexity index is 635. The maximum Gasteiger partial charge on any atom is 0.183 e. The molecule has 0 fully saturated rings. The van der Waals surface area contributed by atoms with Gasteiger partial charge in [-0.05, 0) is 24.3 Å². The maximum atomic E-state index is 13.6. The zero-order chi connectivity index (χ0) is 13.1. The van der Waals surface area contributed by atoms with Crippen LogP contribution in [-0.4, -0.2) is 0 Å². The zero-order valence-corrected chi connectivity index (χ0v) is 9.80. The Kier molecular flexibility index (Phi) is 3.45. The van der Waals surface area contributed by atoms with Crippen molar-refractivity contribution in [1.29, 1.82) is 5.26 Å². The third-order valence-electron chi connectivity index (χ3n) is 2.35. The smallest absolute Gasteiger partial charge is 0.183 e. The summed E-state index contributed by atoms with van der Waals surface area (Å²) < 4.78 is 27.0. The van der Waals surface area contributed by atoms with Crippen LogP contribution >= 0.6 is 11.6 Å². The summed E-state index contributed by atoms with van der Waals surface area (Å²) in [5, 5.41) is 11.6. The summed E-state index contributed by atoms with van der Waals surface area (Å²) in [7, 11) is 0. The average Bonchev–Trinajstić information content (AvgIpc) is 2.38. The lowest BCUT2D eigenvalue weighted by molar-refractivity contribution is 0.509. The van der Waals surface area contributed by atoms with E-state index in [0.29, 0.717) is 10.7 Å². The molecule has 2 rings (SSSR count). The van der Waals surface area contributed by atoms with Crippen LogP contribution in [0.15, 0.2) is 36.4 Å². The number of anilines is 2. The van der Waals surface area contributed by atoms with Gasteiger partial charge in [-0.1, -0.05) is 23.7 Å². The molecule has 5 heteroatoms. The van der Waals surface area contributed by atoms with Crippen LogP contribution in [0.1, 0.15) is 5.56 Å². The van der Waals surface area contributed by atoms with Crippen molar-refractivity contribution in [2.24, 2.45) is 0 Å². The van der Waals surface area contributed by atoms with Crippen LogP contribution in [0.5, 0.6) is 0 Å². The van der Waals surface area contributed by atoms with Gasteiger partial charge in [-0.3, -0.25) is 0 Å². The Labute approximate surface area is 107 Å². The molecule has 0 saturated heterocycles. The van der Waals surface area contributed by atoms with Crippen molar-refractivity contribution in [3.05, 3.63) is 58.6 Å². The van der Waals surface area contributed by atoms with Crippen LogP contribution in [0.4, 0.5) is 20.2 Å². The van der Waals surface area contributed by atoms with Crippen molar-refractivity contribution in [2.75, 3.05) is 5.32 Å². The van der Waals surface area contributed by atoms with Gasteiger partial charge in [0.1, 0.15) is 6.07 Å². The summed E-state index contributed by atoms with van der Waals surface area (Å²) in [6.45, 7) is 0. The first kappa shape index (κ1) is 12.3. The first-order valence-corrected chi connectivity index (χ1v) is 5.41. The topological polar surface area (TPSA) is 35.8 Å². The molecule has 0 spiro atoms. The van der Waals surface area contributed by atoms with Crippen molar-refractivity contribution in [3.8, 4) is 6.07 Å². The molecule has 2 nitrogen and oxygen atoms in total. The number of nitriles is 1. The summed E-state index contributed by atoms with van der Waals surface area (Å²) in [5.74, 6) is -2.27.